The molecule has 0 unspecified atom stereocenters. The van der Waals surface area contributed by atoms with Gasteiger partial charge >= 0.3 is 6.09 Å². The highest BCUT2D eigenvalue weighted by Crippen LogP contribution is 2.34. The molecule has 1 amide bonds. The van der Waals surface area contributed by atoms with Crippen molar-refractivity contribution in [3.8, 4) is 16.9 Å². The molecule has 4 aromatic rings. The fraction of sp³-hybridized carbons (Fsp3) is 0.0385. The van der Waals surface area contributed by atoms with Gasteiger partial charge in [-0.2, -0.15) is 0 Å². The summed E-state index contributed by atoms with van der Waals surface area (Å²) in [6.45, 7) is 0. The Bertz CT molecular complexity index is 1130. The summed E-state index contributed by atoms with van der Waals surface area (Å²) < 4.78 is 5.65. The topological polar surface area (TPSA) is 66.0 Å². The third-order valence-corrected chi connectivity index (χ3v) is 4.83. The van der Waals surface area contributed by atoms with E-state index in [2.05, 4.69) is 23.2 Å². The summed E-state index contributed by atoms with van der Waals surface area (Å²) in [5.41, 5.74) is 9.57. The van der Waals surface area contributed by atoms with E-state index in [0.29, 0.717) is 17.1 Å². The molecule has 0 bridgehead atoms. The van der Waals surface area contributed by atoms with Crippen molar-refractivity contribution >= 4 is 17.5 Å². The molecule has 31 heavy (non-hydrogen) atoms. The van der Waals surface area contributed by atoms with Crippen LogP contribution >= 0.6 is 0 Å². The summed E-state index contributed by atoms with van der Waals surface area (Å²) in [5, 5.41) is 2.80. The summed E-state index contributed by atoms with van der Waals surface area (Å²) in [4.78, 5) is 12.5. The first-order valence-electron chi connectivity index (χ1n) is 9.81. The largest absolute Gasteiger partial charge is 1.00 e. The molecule has 0 spiro atoms. The minimum Gasteiger partial charge on any atom is -1.00 e. The molecular formula is C26H23BrN2O2. The van der Waals surface area contributed by atoms with Crippen molar-refractivity contribution in [1.29, 1.82) is 0 Å². The van der Waals surface area contributed by atoms with Crippen molar-refractivity contribution in [3.63, 3.8) is 0 Å². The second kappa shape index (κ2) is 10.6. The van der Waals surface area contributed by atoms with E-state index in [1.807, 2.05) is 91.0 Å². The van der Waals surface area contributed by atoms with Crippen molar-refractivity contribution in [2.75, 3.05) is 5.32 Å². The molecule has 0 aliphatic heterocycles. The van der Waals surface area contributed by atoms with Crippen LogP contribution in [0.15, 0.2) is 103 Å². The van der Waals surface area contributed by atoms with Crippen LogP contribution in [0, 0.1) is 0 Å². The van der Waals surface area contributed by atoms with E-state index in [-0.39, 0.29) is 17.0 Å². The van der Waals surface area contributed by atoms with E-state index in [9.17, 15) is 4.79 Å². The second-order valence-electron chi connectivity index (χ2n) is 7.03. The zero-order valence-corrected chi connectivity index (χ0v) is 18.5. The Morgan fingerprint density at radius 1 is 0.742 bits per heavy atom. The Morgan fingerprint density at radius 3 is 2.03 bits per heavy atom. The van der Waals surface area contributed by atoms with Gasteiger partial charge in [0.15, 0.2) is 5.69 Å². The molecule has 5 heteroatoms. The highest BCUT2D eigenvalue weighted by molar-refractivity contribution is 5.89. The van der Waals surface area contributed by atoms with Crippen molar-refractivity contribution < 1.29 is 32.2 Å². The summed E-state index contributed by atoms with van der Waals surface area (Å²) in [6.07, 6.45) is 0.306. The van der Waals surface area contributed by atoms with E-state index in [4.69, 9.17) is 4.74 Å². The molecule has 0 atom stereocenters. The first-order valence-corrected chi connectivity index (χ1v) is 9.81. The number of quaternary nitrogens is 1. The summed E-state index contributed by atoms with van der Waals surface area (Å²) in [5.74, 6) is 0.460. The predicted octanol–water partition coefficient (Wildman–Crippen LogP) is 2.43. The lowest BCUT2D eigenvalue weighted by Gasteiger charge is -2.12. The van der Waals surface area contributed by atoms with Gasteiger partial charge in [0.05, 0.1) is 0 Å². The van der Waals surface area contributed by atoms with Gasteiger partial charge in [-0.1, -0.05) is 84.9 Å². The van der Waals surface area contributed by atoms with Gasteiger partial charge in [-0.05, 0) is 35.2 Å². The summed E-state index contributed by atoms with van der Waals surface area (Å²) >= 11 is 0. The average molecular weight is 475 g/mol. The van der Waals surface area contributed by atoms with Crippen molar-refractivity contribution in [3.05, 3.63) is 114 Å². The number of carbonyl (C=O) groups is 1. The van der Waals surface area contributed by atoms with Crippen molar-refractivity contribution in [2.45, 2.75) is 6.42 Å². The number of anilines is 1. The molecule has 0 heterocycles. The molecule has 4 nitrogen and oxygen atoms in total. The molecule has 0 aromatic heterocycles. The zero-order chi connectivity index (χ0) is 20.8. The lowest BCUT2D eigenvalue weighted by Crippen LogP contribution is -3.00. The third kappa shape index (κ3) is 5.81. The quantitative estimate of drug-likeness (QED) is 0.466. The number of benzene rings is 4. The SMILES string of the molecule is [Br-].[NH3+]c1cccc(-c2ccccc2)c1OC(=O)Nc1ccc(Cc2ccccc2)cc1. The maximum atomic E-state index is 12.5. The van der Waals surface area contributed by atoms with Crippen LogP contribution in [0.3, 0.4) is 0 Å². The smallest absolute Gasteiger partial charge is 0.417 e. The maximum Gasteiger partial charge on any atom is 0.417 e. The van der Waals surface area contributed by atoms with Gasteiger partial charge < -0.3 is 27.5 Å². The van der Waals surface area contributed by atoms with Gasteiger partial charge in [-0.25, -0.2) is 4.79 Å². The van der Waals surface area contributed by atoms with Crippen LogP contribution in [0.4, 0.5) is 16.2 Å². The molecule has 4 N–H and O–H groups in total. The number of nitrogens with one attached hydrogen (secondary N) is 1. The van der Waals surface area contributed by atoms with Crippen LogP contribution in [-0.4, -0.2) is 6.09 Å². The van der Waals surface area contributed by atoms with Crippen LogP contribution in [0.5, 0.6) is 5.75 Å². The molecule has 0 saturated carbocycles. The normalized spacial score (nSPS) is 10.1. The Morgan fingerprint density at radius 2 is 1.35 bits per heavy atom. The number of halogens is 1. The fourth-order valence-corrected chi connectivity index (χ4v) is 3.32. The first kappa shape index (κ1) is 22.3. The minimum atomic E-state index is -0.543. The minimum absolute atomic E-state index is 0. The molecule has 156 valence electrons. The van der Waals surface area contributed by atoms with Gasteiger partial charge in [0.2, 0.25) is 5.75 Å². The van der Waals surface area contributed by atoms with Gasteiger partial charge in [0, 0.05) is 17.3 Å². The van der Waals surface area contributed by atoms with E-state index in [1.54, 1.807) is 0 Å². The van der Waals surface area contributed by atoms with Gasteiger partial charge in [0.1, 0.15) is 0 Å². The molecule has 0 fully saturated rings. The number of para-hydroxylation sites is 1. The molecule has 0 radical (unpaired) electrons. The maximum absolute atomic E-state index is 12.5. The van der Waals surface area contributed by atoms with E-state index in [1.165, 1.54) is 11.1 Å². The average Bonchev–Trinajstić information content (AvgIpc) is 2.78. The number of ether oxygens (including phenoxy) is 1. The Hall–Kier alpha value is -3.41. The molecule has 4 rings (SSSR count). The van der Waals surface area contributed by atoms with Crippen molar-refractivity contribution in [1.82, 2.24) is 0 Å². The molecule has 4 aromatic carbocycles. The van der Waals surface area contributed by atoms with Gasteiger partial charge in [-0.3, -0.25) is 5.32 Å². The van der Waals surface area contributed by atoms with E-state index in [0.717, 1.165) is 17.5 Å². The summed E-state index contributed by atoms with van der Waals surface area (Å²) in [6, 6.07) is 33.5. The van der Waals surface area contributed by atoms with Crippen LogP contribution in [0.2, 0.25) is 0 Å². The molecule has 0 saturated heterocycles. The summed E-state index contributed by atoms with van der Waals surface area (Å²) in [7, 11) is 0. The number of carbonyl (C=O) groups excluding carboxylic acids is 1. The standard InChI is InChI=1S/C26H22N2O2.BrH/c27-24-13-7-12-23(21-10-5-2-6-11-21)25(24)30-26(29)28-22-16-14-20(15-17-22)18-19-8-3-1-4-9-19;/h1-17H,18,27H2,(H,28,29);1H. The van der Waals surface area contributed by atoms with Crippen LogP contribution in [0.1, 0.15) is 11.1 Å². The Balaban J connectivity index is 0.00000272. The predicted molar refractivity (Wildman–Crippen MR) is 120 cm³/mol. The molecular weight excluding hydrogens is 452 g/mol. The van der Waals surface area contributed by atoms with E-state index < -0.39 is 6.09 Å². The lowest BCUT2D eigenvalue weighted by molar-refractivity contribution is -0.256. The number of amides is 1. The van der Waals surface area contributed by atoms with Crippen LogP contribution < -0.4 is 32.8 Å². The Kier molecular flexibility index (Phi) is 7.60. The van der Waals surface area contributed by atoms with Gasteiger partial charge in [0.25, 0.3) is 0 Å². The van der Waals surface area contributed by atoms with Gasteiger partial charge in [-0.15, -0.1) is 0 Å². The Labute approximate surface area is 192 Å². The van der Waals surface area contributed by atoms with Crippen LogP contribution in [0.25, 0.3) is 11.1 Å². The number of hydrogen-bond acceptors (Lipinski definition) is 2. The first-order chi connectivity index (χ1) is 14.7. The number of hydrogen-bond donors (Lipinski definition) is 2. The fourth-order valence-electron chi connectivity index (χ4n) is 3.32. The third-order valence-electron chi connectivity index (χ3n) is 4.83. The second-order valence-corrected chi connectivity index (χ2v) is 7.03. The highest BCUT2D eigenvalue weighted by Gasteiger charge is 2.16. The number of rotatable bonds is 5. The van der Waals surface area contributed by atoms with Crippen molar-refractivity contribution in [2.24, 2.45) is 0 Å². The highest BCUT2D eigenvalue weighted by atomic mass is 79.9. The lowest BCUT2D eigenvalue weighted by atomic mass is 10.0. The molecule has 0 aliphatic rings. The van der Waals surface area contributed by atoms with E-state index >= 15 is 0 Å². The monoisotopic (exact) mass is 474 g/mol. The zero-order valence-electron chi connectivity index (χ0n) is 16.9. The van der Waals surface area contributed by atoms with Crippen LogP contribution in [-0.2, 0) is 6.42 Å². The molecule has 0 aliphatic carbocycles.